The van der Waals surface area contributed by atoms with Crippen molar-refractivity contribution in [3.63, 3.8) is 0 Å². The average Bonchev–Trinajstić information content (AvgIpc) is 2.25. The Hall–Kier alpha value is -0.643. The van der Waals surface area contributed by atoms with Gasteiger partial charge in [0, 0.05) is 6.67 Å². The van der Waals surface area contributed by atoms with E-state index in [4.69, 9.17) is 0 Å². The minimum atomic E-state index is -1.01. The van der Waals surface area contributed by atoms with E-state index in [-0.39, 0.29) is 0 Å². The highest BCUT2D eigenvalue weighted by Gasteiger charge is 2.16. The predicted molar refractivity (Wildman–Crippen MR) is 70.0 cm³/mol. The highest BCUT2D eigenvalue weighted by atomic mass is 28.3. The molecule has 1 unspecified atom stereocenters. The van der Waals surface area contributed by atoms with Crippen molar-refractivity contribution in [2.45, 2.75) is 26.3 Å². The summed E-state index contributed by atoms with van der Waals surface area (Å²) in [6, 6.07) is 10.8. The minimum absolute atomic E-state index is 0.742. The molecule has 15 heavy (non-hydrogen) atoms. The zero-order chi connectivity index (χ0) is 11.1. The van der Waals surface area contributed by atoms with Crippen molar-refractivity contribution >= 4 is 14.1 Å². The van der Waals surface area contributed by atoms with E-state index in [0.29, 0.717) is 0 Å². The molecule has 0 saturated heterocycles. The summed E-state index contributed by atoms with van der Waals surface area (Å²) in [6.07, 6.45) is 0. The Morgan fingerprint density at radius 3 is 2.40 bits per heavy atom. The summed E-state index contributed by atoms with van der Waals surface area (Å²) in [5, 5.41) is 4.83. The van der Waals surface area contributed by atoms with Gasteiger partial charge in [-0.05, 0) is 17.3 Å². The van der Waals surface area contributed by atoms with Crippen molar-refractivity contribution in [2.24, 2.45) is 0 Å². The van der Waals surface area contributed by atoms with Crippen LogP contribution in [0.2, 0.25) is 5.54 Å². The van der Waals surface area contributed by atoms with Crippen LogP contribution < -0.4 is 15.5 Å². The lowest BCUT2D eigenvalue weighted by Crippen LogP contribution is -2.50. The lowest BCUT2D eigenvalue weighted by atomic mass is 10.4. The fourth-order valence-corrected chi connectivity index (χ4v) is 4.18. The molecule has 0 aliphatic rings. The third kappa shape index (κ3) is 4.16. The van der Waals surface area contributed by atoms with Crippen LogP contribution >= 0.6 is 0 Å². The maximum Gasteiger partial charge on any atom is 0.144 e. The van der Waals surface area contributed by atoms with Gasteiger partial charge in [-0.2, -0.15) is 0 Å². The van der Waals surface area contributed by atoms with E-state index in [1.54, 1.807) is 0 Å². The SMILES string of the molecule is CCNCN[SiH](c1ccccc1)C(C)C. The zero-order valence-electron chi connectivity index (χ0n) is 9.96. The van der Waals surface area contributed by atoms with Crippen LogP contribution in [0.4, 0.5) is 0 Å². The van der Waals surface area contributed by atoms with E-state index in [9.17, 15) is 0 Å². The molecule has 0 aliphatic carbocycles. The quantitative estimate of drug-likeness (QED) is 0.429. The molecule has 1 rings (SSSR count). The highest BCUT2D eigenvalue weighted by molar-refractivity contribution is 6.72. The van der Waals surface area contributed by atoms with Crippen molar-refractivity contribution in [1.82, 2.24) is 10.3 Å². The standard InChI is InChI=1S/C12H22N2Si/c1-4-13-10-14-15(11(2)3)12-8-6-5-7-9-12/h5-9,11,13-15H,4,10H2,1-3H3. The molecule has 0 radical (unpaired) electrons. The molecule has 3 heteroatoms. The molecule has 0 fully saturated rings. The first-order chi connectivity index (χ1) is 7.25. The van der Waals surface area contributed by atoms with Crippen molar-refractivity contribution in [1.29, 1.82) is 0 Å². The third-order valence-electron chi connectivity index (χ3n) is 2.52. The van der Waals surface area contributed by atoms with E-state index in [0.717, 1.165) is 18.8 Å². The van der Waals surface area contributed by atoms with Crippen molar-refractivity contribution in [3.05, 3.63) is 30.3 Å². The molecule has 0 heterocycles. The smallest absolute Gasteiger partial charge is 0.144 e. The molecular formula is C12H22N2Si. The van der Waals surface area contributed by atoms with Crippen molar-refractivity contribution < 1.29 is 0 Å². The number of hydrogen-bond donors (Lipinski definition) is 2. The van der Waals surface area contributed by atoms with Crippen LogP contribution in [-0.2, 0) is 0 Å². The maximum absolute atomic E-state index is 3.66. The Balaban J connectivity index is 2.58. The van der Waals surface area contributed by atoms with Crippen LogP contribution in [0.3, 0.4) is 0 Å². The first-order valence-corrected chi connectivity index (χ1v) is 7.57. The highest BCUT2D eigenvalue weighted by Crippen LogP contribution is 2.04. The Labute approximate surface area is 94.8 Å². The predicted octanol–water partition coefficient (Wildman–Crippen LogP) is 1.18. The third-order valence-corrected chi connectivity index (χ3v) is 5.60. The Bertz CT molecular complexity index is 262. The summed E-state index contributed by atoms with van der Waals surface area (Å²) in [5.74, 6) is 0. The summed E-state index contributed by atoms with van der Waals surface area (Å²) in [6.45, 7) is 8.71. The van der Waals surface area contributed by atoms with Crippen LogP contribution in [0.15, 0.2) is 30.3 Å². The second kappa shape index (κ2) is 6.77. The van der Waals surface area contributed by atoms with Gasteiger partial charge in [-0.15, -0.1) is 0 Å². The molecule has 0 amide bonds. The number of hydrogen-bond acceptors (Lipinski definition) is 2. The lowest BCUT2D eigenvalue weighted by molar-refractivity contribution is 0.695. The normalized spacial score (nSPS) is 13.1. The van der Waals surface area contributed by atoms with E-state index in [1.807, 2.05) is 0 Å². The molecule has 1 atom stereocenters. The van der Waals surface area contributed by atoms with Crippen LogP contribution in [0, 0.1) is 0 Å². The summed E-state index contributed by atoms with van der Waals surface area (Å²) in [5.41, 5.74) is 0.742. The fraction of sp³-hybridized carbons (Fsp3) is 0.500. The van der Waals surface area contributed by atoms with Gasteiger partial charge in [0.1, 0.15) is 8.96 Å². The molecule has 1 aromatic rings. The number of nitrogens with one attached hydrogen (secondary N) is 2. The van der Waals surface area contributed by atoms with Gasteiger partial charge in [0.05, 0.1) is 0 Å². The first-order valence-electron chi connectivity index (χ1n) is 5.74. The topological polar surface area (TPSA) is 24.1 Å². The van der Waals surface area contributed by atoms with Crippen LogP contribution in [0.1, 0.15) is 20.8 Å². The van der Waals surface area contributed by atoms with Gasteiger partial charge in [0.15, 0.2) is 0 Å². The van der Waals surface area contributed by atoms with E-state index < -0.39 is 8.96 Å². The summed E-state index contributed by atoms with van der Waals surface area (Å²) >= 11 is 0. The van der Waals surface area contributed by atoms with Crippen LogP contribution in [0.25, 0.3) is 0 Å². The van der Waals surface area contributed by atoms with E-state index in [1.165, 1.54) is 5.19 Å². The lowest BCUT2D eigenvalue weighted by Gasteiger charge is -2.21. The molecule has 0 spiro atoms. The molecule has 0 aliphatic heterocycles. The monoisotopic (exact) mass is 222 g/mol. The Morgan fingerprint density at radius 1 is 1.20 bits per heavy atom. The van der Waals surface area contributed by atoms with Gasteiger partial charge in [-0.1, -0.05) is 51.1 Å². The Kier molecular flexibility index (Phi) is 5.61. The van der Waals surface area contributed by atoms with Crippen molar-refractivity contribution in [2.75, 3.05) is 13.2 Å². The zero-order valence-corrected chi connectivity index (χ0v) is 11.1. The second-order valence-electron chi connectivity index (χ2n) is 4.12. The first kappa shape index (κ1) is 12.4. The summed E-state index contributed by atoms with van der Waals surface area (Å²) in [4.78, 5) is 3.66. The molecule has 2 nitrogen and oxygen atoms in total. The molecule has 1 aromatic carbocycles. The van der Waals surface area contributed by atoms with Gasteiger partial charge in [-0.3, -0.25) is 0 Å². The van der Waals surface area contributed by atoms with Gasteiger partial charge in [0.25, 0.3) is 0 Å². The second-order valence-corrected chi connectivity index (χ2v) is 7.48. The Morgan fingerprint density at radius 2 is 1.87 bits per heavy atom. The summed E-state index contributed by atoms with van der Waals surface area (Å²) in [7, 11) is -1.01. The van der Waals surface area contributed by atoms with Gasteiger partial charge >= 0.3 is 0 Å². The molecular weight excluding hydrogens is 200 g/mol. The van der Waals surface area contributed by atoms with Gasteiger partial charge in [-0.25, -0.2) is 0 Å². The molecule has 84 valence electrons. The van der Waals surface area contributed by atoms with E-state index in [2.05, 4.69) is 61.4 Å². The minimum Gasteiger partial charge on any atom is -0.324 e. The molecule has 0 bridgehead atoms. The molecule has 0 saturated carbocycles. The molecule has 2 N–H and O–H groups in total. The van der Waals surface area contributed by atoms with Gasteiger partial charge < -0.3 is 10.3 Å². The van der Waals surface area contributed by atoms with E-state index >= 15 is 0 Å². The maximum atomic E-state index is 3.66. The largest absolute Gasteiger partial charge is 0.324 e. The fourth-order valence-electron chi connectivity index (χ4n) is 1.71. The molecule has 0 aromatic heterocycles. The number of rotatable bonds is 6. The average molecular weight is 222 g/mol. The number of benzene rings is 1. The van der Waals surface area contributed by atoms with Gasteiger partial charge in [0.2, 0.25) is 0 Å². The summed E-state index contributed by atoms with van der Waals surface area (Å²) < 4.78 is 0. The van der Waals surface area contributed by atoms with Crippen LogP contribution in [0.5, 0.6) is 0 Å². The van der Waals surface area contributed by atoms with Crippen molar-refractivity contribution in [3.8, 4) is 0 Å². The van der Waals surface area contributed by atoms with Crippen LogP contribution in [-0.4, -0.2) is 22.2 Å².